The molecule has 33 heavy (non-hydrogen) atoms. The molecule has 0 bridgehead atoms. The fraction of sp³-hybridized carbons (Fsp3) is 0.435. The molecule has 10 nitrogen and oxygen atoms in total. The van der Waals surface area contributed by atoms with Gasteiger partial charge in [0.15, 0.2) is 17.7 Å². The van der Waals surface area contributed by atoms with Gasteiger partial charge in [0, 0.05) is 13.2 Å². The van der Waals surface area contributed by atoms with Crippen LogP contribution in [0.25, 0.3) is 11.0 Å². The average Bonchev–Trinajstić information content (AvgIpc) is 3.33. The van der Waals surface area contributed by atoms with Crippen LogP contribution < -0.4 is 10.1 Å². The molecule has 0 unspecified atom stereocenters. The molecule has 4 rings (SSSR count). The molecule has 10 heteroatoms. The number of aromatic hydroxyl groups is 1. The number of hydrogen-bond acceptors (Lipinski definition) is 9. The number of para-hydroxylation sites is 2. The number of benzene rings is 2. The van der Waals surface area contributed by atoms with Gasteiger partial charge in [0.05, 0.1) is 24.2 Å². The van der Waals surface area contributed by atoms with Crippen molar-refractivity contribution in [2.24, 2.45) is 0 Å². The van der Waals surface area contributed by atoms with Gasteiger partial charge < -0.3 is 40.3 Å². The lowest BCUT2D eigenvalue weighted by Crippen LogP contribution is -2.33. The Kier molecular flexibility index (Phi) is 7.31. The molecule has 0 aliphatic carbocycles. The smallest absolute Gasteiger partial charge is 0.206 e. The summed E-state index contributed by atoms with van der Waals surface area (Å²) >= 11 is 0. The number of nitrogens with one attached hydrogen (secondary N) is 1. The Morgan fingerprint density at radius 2 is 1.88 bits per heavy atom. The minimum atomic E-state index is -1.24. The number of nitrogens with zero attached hydrogens (tertiary/aromatic N) is 2. The Morgan fingerprint density at radius 3 is 2.64 bits per heavy atom. The molecular weight excluding hydrogens is 430 g/mol. The summed E-state index contributed by atoms with van der Waals surface area (Å²) in [4.78, 5) is 4.61. The van der Waals surface area contributed by atoms with Crippen molar-refractivity contribution in [2.75, 3.05) is 25.1 Å². The molecule has 0 radical (unpaired) electrons. The zero-order chi connectivity index (χ0) is 23.4. The summed E-state index contributed by atoms with van der Waals surface area (Å²) in [5, 5.41) is 52.4. The van der Waals surface area contributed by atoms with Crippen LogP contribution in [0.5, 0.6) is 11.5 Å². The summed E-state index contributed by atoms with van der Waals surface area (Å²) in [6.07, 6.45) is -3.00. The van der Waals surface area contributed by atoms with E-state index in [1.165, 1.54) is 0 Å². The molecule has 1 aliphatic heterocycles. The lowest BCUT2D eigenvalue weighted by molar-refractivity contribution is -0.0499. The first-order chi connectivity index (χ1) is 16.0. The van der Waals surface area contributed by atoms with Crippen molar-refractivity contribution < 1.29 is 35.0 Å². The fourth-order valence-electron chi connectivity index (χ4n) is 3.88. The number of phenols is 1. The van der Waals surface area contributed by atoms with E-state index >= 15 is 0 Å². The second-order valence-electron chi connectivity index (χ2n) is 7.96. The maximum absolute atomic E-state index is 10.6. The number of aromatic nitrogens is 2. The molecule has 0 amide bonds. The van der Waals surface area contributed by atoms with E-state index in [1.54, 1.807) is 22.8 Å². The minimum absolute atomic E-state index is 0.0292. The molecule has 1 aromatic heterocycles. The van der Waals surface area contributed by atoms with Crippen LogP contribution in [-0.4, -0.2) is 73.2 Å². The highest BCUT2D eigenvalue weighted by atomic mass is 16.6. The summed E-state index contributed by atoms with van der Waals surface area (Å²) in [6, 6.07) is 12.4. The number of rotatable bonds is 10. The zero-order valence-electron chi connectivity index (χ0n) is 18.0. The number of phenolic OH excluding ortho intramolecular Hbond substituents is 1. The molecule has 2 aromatic carbocycles. The van der Waals surface area contributed by atoms with Gasteiger partial charge in [-0.1, -0.05) is 18.2 Å². The molecule has 1 fully saturated rings. The Morgan fingerprint density at radius 1 is 1.06 bits per heavy atom. The van der Waals surface area contributed by atoms with Crippen molar-refractivity contribution in [3.05, 3.63) is 48.0 Å². The Labute approximate surface area is 190 Å². The van der Waals surface area contributed by atoms with Crippen LogP contribution in [0, 0.1) is 0 Å². The van der Waals surface area contributed by atoms with Crippen molar-refractivity contribution in [3.63, 3.8) is 0 Å². The number of hydrogen-bond donors (Lipinski definition) is 6. The van der Waals surface area contributed by atoms with Gasteiger partial charge in [-0.25, -0.2) is 4.98 Å². The van der Waals surface area contributed by atoms with E-state index in [4.69, 9.17) is 14.6 Å². The van der Waals surface area contributed by atoms with Gasteiger partial charge in [0.25, 0.3) is 0 Å². The standard InChI is InChI=1S/C23H29N3O7/c27-9-3-4-10-32-18-11-14(7-8-17(18)29)12-24-23-25-15-5-1-2-6-16(15)26(23)22-21(31)20(30)19(13-28)33-22/h1-2,5-8,11,19-22,27-31H,3-4,9-10,12-13H2,(H,24,25)/t19-,20-,21-,22-/m1/s1. The lowest BCUT2D eigenvalue weighted by atomic mass is 10.1. The van der Waals surface area contributed by atoms with E-state index in [1.807, 2.05) is 24.3 Å². The van der Waals surface area contributed by atoms with E-state index in [0.717, 1.165) is 5.56 Å². The monoisotopic (exact) mass is 459 g/mol. The van der Waals surface area contributed by atoms with Crippen LogP contribution in [0.2, 0.25) is 0 Å². The Bertz CT molecular complexity index is 1070. The summed E-state index contributed by atoms with van der Waals surface area (Å²) in [5.74, 6) is 0.801. The zero-order valence-corrected chi connectivity index (χ0v) is 18.0. The third-order valence-corrected chi connectivity index (χ3v) is 5.65. The van der Waals surface area contributed by atoms with E-state index < -0.39 is 31.1 Å². The van der Waals surface area contributed by atoms with Crippen LogP contribution in [0.4, 0.5) is 5.95 Å². The molecule has 0 spiro atoms. The van der Waals surface area contributed by atoms with E-state index in [9.17, 15) is 20.4 Å². The number of anilines is 1. The van der Waals surface area contributed by atoms with E-state index in [2.05, 4.69) is 10.3 Å². The van der Waals surface area contributed by atoms with Crippen molar-refractivity contribution >= 4 is 17.0 Å². The first kappa shape index (κ1) is 23.3. The third kappa shape index (κ3) is 4.90. The van der Waals surface area contributed by atoms with Gasteiger partial charge in [-0.2, -0.15) is 0 Å². The molecule has 178 valence electrons. The predicted molar refractivity (Wildman–Crippen MR) is 120 cm³/mol. The highest BCUT2D eigenvalue weighted by Crippen LogP contribution is 2.35. The van der Waals surface area contributed by atoms with Gasteiger partial charge in [-0.15, -0.1) is 0 Å². The van der Waals surface area contributed by atoms with Crippen LogP contribution in [0.1, 0.15) is 24.6 Å². The molecule has 0 saturated carbocycles. The highest BCUT2D eigenvalue weighted by Gasteiger charge is 2.44. The Balaban J connectivity index is 1.56. The number of unbranched alkanes of at least 4 members (excludes halogenated alkanes) is 1. The van der Waals surface area contributed by atoms with Crippen molar-refractivity contribution in [1.29, 1.82) is 0 Å². The number of ether oxygens (including phenoxy) is 2. The summed E-state index contributed by atoms with van der Waals surface area (Å²) in [7, 11) is 0. The largest absolute Gasteiger partial charge is 0.504 e. The first-order valence-corrected chi connectivity index (χ1v) is 10.9. The van der Waals surface area contributed by atoms with Crippen LogP contribution in [-0.2, 0) is 11.3 Å². The fourth-order valence-corrected chi connectivity index (χ4v) is 3.88. The lowest BCUT2D eigenvalue weighted by Gasteiger charge is -2.20. The number of aliphatic hydroxyl groups is 4. The second-order valence-corrected chi connectivity index (χ2v) is 7.96. The van der Waals surface area contributed by atoms with E-state index in [-0.39, 0.29) is 12.4 Å². The molecule has 4 atom stereocenters. The Hall–Kier alpha value is -2.89. The molecule has 1 aliphatic rings. The maximum Gasteiger partial charge on any atom is 0.206 e. The van der Waals surface area contributed by atoms with Crippen molar-refractivity contribution in [2.45, 2.75) is 43.9 Å². The molecule has 1 saturated heterocycles. The minimum Gasteiger partial charge on any atom is -0.504 e. The maximum atomic E-state index is 10.6. The van der Waals surface area contributed by atoms with Gasteiger partial charge in [-0.3, -0.25) is 4.57 Å². The molecular formula is C23H29N3O7. The number of aliphatic hydroxyl groups excluding tert-OH is 4. The summed E-state index contributed by atoms with van der Waals surface area (Å²) in [5.41, 5.74) is 2.20. The van der Waals surface area contributed by atoms with Crippen molar-refractivity contribution in [1.82, 2.24) is 9.55 Å². The third-order valence-electron chi connectivity index (χ3n) is 5.65. The molecule has 2 heterocycles. The van der Waals surface area contributed by atoms with Crippen molar-refractivity contribution in [3.8, 4) is 11.5 Å². The number of fused-ring (bicyclic) bond motifs is 1. The predicted octanol–water partition coefficient (Wildman–Crippen LogP) is 1.12. The summed E-state index contributed by atoms with van der Waals surface area (Å²) < 4.78 is 13.0. The second kappa shape index (κ2) is 10.4. The van der Waals surface area contributed by atoms with E-state index in [0.29, 0.717) is 48.7 Å². The highest BCUT2D eigenvalue weighted by molar-refractivity contribution is 5.78. The average molecular weight is 459 g/mol. The number of imidazole rings is 1. The molecule has 6 N–H and O–H groups in total. The van der Waals surface area contributed by atoms with Gasteiger partial charge >= 0.3 is 0 Å². The van der Waals surface area contributed by atoms with Crippen LogP contribution >= 0.6 is 0 Å². The van der Waals surface area contributed by atoms with Gasteiger partial charge in [0.1, 0.15) is 18.3 Å². The SMILES string of the molecule is OCCCCOc1cc(CNc2nc3ccccc3n2[C@@H]2O[C@H](CO)[C@@H](O)[C@H]2O)ccc1O. The topological polar surface area (TPSA) is 149 Å². The quantitative estimate of drug-likeness (QED) is 0.245. The van der Waals surface area contributed by atoms with Crippen LogP contribution in [0.3, 0.4) is 0 Å². The first-order valence-electron chi connectivity index (χ1n) is 10.9. The normalized spacial score (nSPS) is 22.7. The molecule has 3 aromatic rings. The summed E-state index contributed by atoms with van der Waals surface area (Å²) in [6.45, 7) is 0.395. The van der Waals surface area contributed by atoms with Crippen LogP contribution in [0.15, 0.2) is 42.5 Å². The van der Waals surface area contributed by atoms with Gasteiger partial charge in [-0.05, 0) is 42.7 Å². The van der Waals surface area contributed by atoms with Gasteiger partial charge in [0.2, 0.25) is 5.95 Å².